The van der Waals surface area contributed by atoms with Crippen LogP contribution in [0.15, 0.2) is 24.3 Å². The lowest BCUT2D eigenvalue weighted by molar-refractivity contribution is -0.144. The molecule has 112 valence electrons. The number of halogens is 2. The highest BCUT2D eigenvalue weighted by Gasteiger charge is 2.13. The van der Waals surface area contributed by atoms with Gasteiger partial charge in [-0.1, -0.05) is 37.6 Å². The van der Waals surface area contributed by atoms with Crippen molar-refractivity contribution >= 4 is 5.97 Å². The number of hydrogen-bond acceptors (Lipinski definition) is 3. The van der Waals surface area contributed by atoms with Gasteiger partial charge in [0.1, 0.15) is 0 Å². The van der Waals surface area contributed by atoms with Crippen molar-refractivity contribution in [2.24, 2.45) is 0 Å². The third-order valence-corrected chi connectivity index (χ3v) is 2.96. The maximum absolute atomic E-state index is 12.4. The summed E-state index contributed by atoms with van der Waals surface area (Å²) in [7, 11) is 0. The number of aliphatic hydroxyl groups is 1. The summed E-state index contributed by atoms with van der Waals surface area (Å²) in [6.45, 7) is 2.40. The van der Waals surface area contributed by atoms with Gasteiger partial charge in [-0.25, -0.2) is 8.78 Å². The molecule has 1 atom stereocenters. The molecule has 0 heterocycles. The Balaban J connectivity index is 2.38. The first kappa shape index (κ1) is 16.6. The Hall–Kier alpha value is -1.49. The summed E-state index contributed by atoms with van der Waals surface area (Å²) in [6.07, 6.45) is -1.26. The molecule has 1 aromatic carbocycles. The molecule has 1 unspecified atom stereocenters. The number of aliphatic hydroxyl groups excluding tert-OH is 1. The molecule has 0 fully saturated rings. The normalized spacial score (nSPS) is 12.4. The fraction of sp³-hybridized carbons (Fsp3) is 0.533. The van der Waals surface area contributed by atoms with Gasteiger partial charge >= 0.3 is 5.97 Å². The van der Waals surface area contributed by atoms with Crippen LogP contribution in [-0.4, -0.2) is 17.7 Å². The van der Waals surface area contributed by atoms with E-state index in [4.69, 9.17) is 4.74 Å². The molecule has 3 nitrogen and oxygen atoms in total. The van der Waals surface area contributed by atoms with Gasteiger partial charge in [-0.05, 0) is 18.4 Å². The molecule has 5 heteroatoms. The van der Waals surface area contributed by atoms with Crippen LogP contribution in [0.1, 0.15) is 56.3 Å². The van der Waals surface area contributed by atoms with Crippen molar-refractivity contribution < 1.29 is 23.4 Å². The van der Waals surface area contributed by atoms with Crippen molar-refractivity contribution in [2.75, 3.05) is 6.61 Å². The van der Waals surface area contributed by atoms with Crippen LogP contribution in [-0.2, 0) is 9.53 Å². The molecule has 1 rings (SSSR count). The number of hydrogen-bond donors (Lipinski definition) is 1. The quantitative estimate of drug-likeness (QED) is 0.584. The van der Waals surface area contributed by atoms with E-state index in [1.165, 1.54) is 24.3 Å². The lowest BCUT2D eigenvalue weighted by atomic mass is 10.0. The summed E-state index contributed by atoms with van der Waals surface area (Å²) in [6, 6.07) is 5.47. The van der Waals surface area contributed by atoms with Gasteiger partial charge < -0.3 is 9.84 Å². The van der Waals surface area contributed by atoms with Crippen LogP contribution in [0.5, 0.6) is 0 Å². The summed E-state index contributed by atoms with van der Waals surface area (Å²) in [4.78, 5) is 11.4. The number of benzene rings is 1. The monoisotopic (exact) mass is 286 g/mol. The van der Waals surface area contributed by atoms with E-state index in [1.807, 2.05) is 6.92 Å². The van der Waals surface area contributed by atoms with Crippen LogP contribution >= 0.6 is 0 Å². The van der Waals surface area contributed by atoms with Gasteiger partial charge in [0.15, 0.2) is 0 Å². The molecule has 0 saturated heterocycles. The molecule has 0 aliphatic rings. The minimum atomic E-state index is -2.52. The second-order valence-electron chi connectivity index (χ2n) is 4.60. The van der Waals surface area contributed by atoms with E-state index in [-0.39, 0.29) is 24.4 Å². The molecule has 0 aromatic heterocycles. The molecule has 1 aromatic rings. The number of carbonyl (C=O) groups excluding carboxylic acids is 1. The zero-order chi connectivity index (χ0) is 15.0. The van der Waals surface area contributed by atoms with Gasteiger partial charge in [0.05, 0.1) is 12.7 Å². The Kier molecular flexibility index (Phi) is 7.15. The zero-order valence-corrected chi connectivity index (χ0v) is 11.5. The van der Waals surface area contributed by atoms with Crippen LogP contribution in [0.3, 0.4) is 0 Å². The van der Waals surface area contributed by atoms with E-state index in [0.717, 1.165) is 12.8 Å². The zero-order valence-electron chi connectivity index (χ0n) is 11.5. The smallest absolute Gasteiger partial charge is 0.305 e. The summed E-state index contributed by atoms with van der Waals surface area (Å²) in [5.41, 5.74) is 0.440. The molecule has 0 aliphatic carbocycles. The van der Waals surface area contributed by atoms with Crippen LogP contribution in [0.4, 0.5) is 8.78 Å². The summed E-state index contributed by atoms with van der Waals surface area (Å²) in [5, 5.41) is 9.88. The van der Waals surface area contributed by atoms with E-state index in [9.17, 15) is 18.7 Å². The van der Waals surface area contributed by atoms with E-state index < -0.39 is 12.5 Å². The van der Waals surface area contributed by atoms with E-state index in [2.05, 4.69) is 0 Å². The minimum absolute atomic E-state index is 0.0834. The Labute approximate surface area is 117 Å². The lowest BCUT2D eigenvalue weighted by Crippen LogP contribution is -2.08. The highest BCUT2D eigenvalue weighted by atomic mass is 19.3. The number of unbranched alkanes of at least 4 members (excludes halogenated alkanes) is 1. The van der Waals surface area contributed by atoms with Gasteiger partial charge in [0.25, 0.3) is 6.43 Å². The summed E-state index contributed by atoms with van der Waals surface area (Å²) >= 11 is 0. The third kappa shape index (κ3) is 5.65. The first-order chi connectivity index (χ1) is 9.54. The van der Waals surface area contributed by atoms with Crippen LogP contribution in [0, 0.1) is 0 Å². The lowest BCUT2D eigenvalue weighted by Gasteiger charge is -2.11. The second-order valence-corrected chi connectivity index (χ2v) is 4.60. The molecule has 0 bridgehead atoms. The van der Waals surface area contributed by atoms with Crippen LogP contribution in [0.25, 0.3) is 0 Å². The van der Waals surface area contributed by atoms with Gasteiger partial charge in [-0.15, -0.1) is 0 Å². The first-order valence-corrected chi connectivity index (χ1v) is 6.76. The molecule has 0 aliphatic heterocycles. The number of carbonyl (C=O) groups is 1. The molecule has 0 radical (unpaired) electrons. The summed E-state index contributed by atoms with van der Waals surface area (Å²) < 4.78 is 29.7. The van der Waals surface area contributed by atoms with Crippen LogP contribution in [0.2, 0.25) is 0 Å². The fourth-order valence-electron chi connectivity index (χ4n) is 1.69. The number of ether oxygens (including phenoxy) is 1. The number of esters is 1. The predicted octanol–water partition coefficient (Wildman–Crippen LogP) is 3.78. The van der Waals surface area contributed by atoms with Gasteiger partial charge in [0, 0.05) is 12.0 Å². The molecular formula is C15H20F2O3. The Morgan fingerprint density at radius 3 is 2.40 bits per heavy atom. The number of alkyl halides is 2. The molecule has 0 saturated carbocycles. The SMILES string of the molecule is CCCCOC(=O)CCC(O)c1ccc(C(F)F)cc1. The maximum atomic E-state index is 12.4. The van der Waals surface area contributed by atoms with Gasteiger partial charge in [0.2, 0.25) is 0 Å². The van der Waals surface area contributed by atoms with Crippen molar-refractivity contribution in [3.05, 3.63) is 35.4 Å². The van der Waals surface area contributed by atoms with Gasteiger partial charge in [-0.2, -0.15) is 0 Å². The average Bonchev–Trinajstić information content (AvgIpc) is 2.45. The summed E-state index contributed by atoms with van der Waals surface area (Å²) in [5.74, 6) is -0.346. The van der Waals surface area contributed by atoms with Crippen molar-refractivity contribution in [1.82, 2.24) is 0 Å². The largest absolute Gasteiger partial charge is 0.466 e. The Morgan fingerprint density at radius 1 is 1.25 bits per heavy atom. The van der Waals surface area contributed by atoms with Gasteiger partial charge in [-0.3, -0.25) is 4.79 Å². The highest BCUT2D eigenvalue weighted by Crippen LogP contribution is 2.23. The van der Waals surface area contributed by atoms with Crippen molar-refractivity contribution in [1.29, 1.82) is 0 Å². The minimum Gasteiger partial charge on any atom is -0.466 e. The predicted molar refractivity (Wildman–Crippen MR) is 71.5 cm³/mol. The average molecular weight is 286 g/mol. The standard InChI is InChI=1S/C15H20F2O3/c1-2-3-10-20-14(19)9-8-13(18)11-4-6-12(7-5-11)15(16)17/h4-7,13,15,18H,2-3,8-10H2,1H3. The van der Waals surface area contributed by atoms with Crippen LogP contribution < -0.4 is 0 Å². The number of rotatable bonds is 8. The molecular weight excluding hydrogens is 266 g/mol. The molecule has 20 heavy (non-hydrogen) atoms. The topological polar surface area (TPSA) is 46.5 Å². The second kappa shape index (κ2) is 8.64. The highest BCUT2D eigenvalue weighted by molar-refractivity contribution is 5.69. The molecule has 1 N–H and O–H groups in total. The van der Waals surface area contributed by atoms with Crippen molar-refractivity contribution in [3.8, 4) is 0 Å². The Bertz CT molecular complexity index is 404. The van der Waals surface area contributed by atoms with Crippen molar-refractivity contribution in [2.45, 2.75) is 45.1 Å². The third-order valence-electron chi connectivity index (χ3n) is 2.96. The van der Waals surface area contributed by atoms with Crippen molar-refractivity contribution in [3.63, 3.8) is 0 Å². The Morgan fingerprint density at radius 2 is 1.85 bits per heavy atom. The molecule has 0 amide bonds. The first-order valence-electron chi connectivity index (χ1n) is 6.76. The fourth-order valence-corrected chi connectivity index (χ4v) is 1.69. The van der Waals surface area contributed by atoms with E-state index in [1.54, 1.807) is 0 Å². The maximum Gasteiger partial charge on any atom is 0.305 e. The molecule has 0 spiro atoms. The van der Waals surface area contributed by atoms with E-state index >= 15 is 0 Å². The van der Waals surface area contributed by atoms with E-state index in [0.29, 0.717) is 12.2 Å².